The molecule has 3 aromatic carbocycles. The molecule has 0 radical (unpaired) electrons. The molecule has 0 saturated heterocycles. The molecule has 0 fully saturated rings. The summed E-state index contributed by atoms with van der Waals surface area (Å²) < 4.78 is 34.4. The first-order chi connectivity index (χ1) is 13.4. The van der Waals surface area contributed by atoms with Crippen LogP contribution in [0.3, 0.4) is 0 Å². The molecule has 3 aromatic rings. The van der Waals surface area contributed by atoms with E-state index in [4.69, 9.17) is 16.3 Å². The Balaban J connectivity index is 1.78. The summed E-state index contributed by atoms with van der Waals surface area (Å²) in [5.74, 6) is 0.687. The van der Waals surface area contributed by atoms with E-state index < -0.39 is 10.0 Å². The molecule has 146 valence electrons. The first kappa shape index (κ1) is 20.9. The third-order valence-electron chi connectivity index (χ3n) is 4.08. The van der Waals surface area contributed by atoms with E-state index in [9.17, 15) is 8.42 Å². The molecule has 7 heteroatoms. The summed E-state index contributed by atoms with van der Waals surface area (Å²) in [5.41, 5.74) is 0.906. The number of benzene rings is 3. The molecule has 0 unspecified atom stereocenters. The molecule has 0 N–H and O–H groups in total. The number of rotatable bonds is 8. The van der Waals surface area contributed by atoms with Gasteiger partial charge < -0.3 is 4.74 Å². The molecule has 3 rings (SSSR count). The van der Waals surface area contributed by atoms with Crippen molar-refractivity contribution in [3.8, 4) is 5.75 Å². The Labute approximate surface area is 178 Å². The Morgan fingerprint density at radius 3 is 2.18 bits per heavy atom. The van der Waals surface area contributed by atoms with Crippen LogP contribution in [0.15, 0.2) is 88.2 Å². The average molecular weight is 481 g/mol. The number of hydrogen-bond donors (Lipinski definition) is 0. The van der Waals surface area contributed by atoms with Crippen molar-refractivity contribution in [3.63, 3.8) is 0 Å². The van der Waals surface area contributed by atoms with Crippen LogP contribution in [0.4, 0.5) is 0 Å². The van der Waals surface area contributed by atoms with Crippen molar-refractivity contribution < 1.29 is 13.2 Å². The van der Waals surface area contributed by atoms with Crippen molar-refractivity contribution in [2.24, 2.45) is 0 Å². The highest BCUT2D eigenvalue weighted by molar-refractivity contribution is 9.10. The highest BCUT2D eigenvalue weighted by Crippen LogP contribution is 2.21. The maximum Gasteiger partial charge on any atom is 0.243 e. The van der Waals surface area contributed by atoms with Gasteiger partial charge in [0.25, 0.3) is 0 Å². The van der Waals surface area contributed by atoms with Crippen LogP contribution in [0.2, 0.25) is 5.02 Å². The SMILES string of the molecule is O=S(=O)(c1ccc(Cl)cc1)N(CCOc1ccc(Br)cc1)Cc1ccccc1. The summed E-state index contributed by atoms with van der Waals surface area (Å²) in [6.07, 6.45) is 0. The van der Waals surface area contributed by atoms with Crippen molar-refractivity contribution in [2.75, 3.05) is 13.2 Å². The fourth-order valence-corrected chi connectivity index (χ4v) is 4.43. The largest absolute Gasteiger partial charge is 0.492 e. The summed E-state index contributed by atoms with van der Waals surface area (Å²) in [5, 5.41) is 0.493. The number of ether oxygens (including phenoxy) is 1. The highest BCUT2D eigenvalue weighted by Gasteiger charge is 2.24. The minimum atomic E-state index is -3.69. The van der Waals surface area contributed by atoms with E-state index in [0.717, 1.165) is 10.0 Å². The molecule has 28 heavy (non-hydrogen) atoms. The Morgan fingerprint density at radius 2 is 1.54 bits per heavy atom. The van der Waals surface area contributed by atoms with Crippen molar-refractivity contribution >= 4 is 37.6 Å². The van der Waals surface area contributed by atoms with Gasteiger partial charge in [0.1, 0.15) is 12.4 Å². The second-order valence-corrected chi connectivity index (χ2v) is 9.37. The van der Waals surface area contributed by atoms with Crippen LogP contribution in [-0.4, -0.2) is 25.9 Å². The second-order valence-electron chi connectivity index (χ2n) is 6.08. The smallest absolute Gasteiger partial charge is 0.243 e. The monoisotopic (exact) mass is 479 g/mol. The lowest BCUT2D eigenvalue weighted by Gasteiger charge is -2.22. The van der Waals surface area contributed by atoms with Gasteiger partial charge in [-0.1, -0.05) is 57.9 Å². The van der Waals surface area contributed by atoms with Crippen LogP contribution < -0.4 is 4.74 Å². The maximum atomic E-state index is 13.2. The normalized spacial score (nSPS) is 11.5. The summed E-state index contributed by atoms with van der Waals surface area (Å²) >= 11 is 9.28. The molecule has 0 aliphatic heterocycles. The predicted molar refractivity (Wildman–Crippen MR) is 115 cm³/mol. The number of nitrogens with zero attached hydrogens (tertiary/aromatic N) is 1. The van der Waals surface area contributed by atoms with Crippen molar-refractivity contribution in [2.45, 2.75) is 11.4 Å². The molecule has 0 amide bonds. The van der Waals surface area contributed by atoms with Gasteiger partial charge in [0.2, 0.25) is 10.0 Å². The summed E-state index contributed by atoms with van der Waals surface area (Å²) in [6, 6.07) is 23.1. The quantitative estimate of drug-likeness (QED) is 0.435. The van der Waals surface area contributed by atoms with E-state index in [1.807, 2.05) is 54.6 Å². The molecular weight excluding hydrogens is 462 g/mol. The third kappa shape index (κ3) is 5.58. The van der Waals surface area contributed by atoms with E-state index in [-0.39, 0.29) is 24.6 Å². The van der Waals surface area contributed by atoms with E-state index in [0.29, 0.717) is 10.8 Å². The van der Waals surface area contributed by atoms with Crippen molar-refractivity contribution in [1.29, 1.82) is 0 Å². The summed E-state index contributed by atoms with van der Waals surface area (Å²) in [6.45, 7) is 0.715. The molecule has 0 spiro atoms. The van der Waals surface area contributed by atoms with Gasteiger partial charge in [-0.25, -0.2) is 8.42 Å². The van der Waals surface area contributed by atoms with Gasteiger partial charge in [0.15, 0.2) is 0 Å². The standard InChI is InChI=1S/C21H19BrClNO3S/c22-18-6-10-20(11-7-18)27-15-14-24(16-17-4-2-1-3-5-17)28(25,26)21-12-8-19(23)9-13-21/h1-13H,14-16H2. The molecule has 0 atom stereocenters. The minimum Gasteiger partial charge on any atom is -0.492 e. The molecule has 4 nitrogen and oxygen atoms in total. The molecule has 0 heterocycles. The van der Waals surface area contributed by atoms with Gasteiger partial charge in [0.05, 0.1) is 4.90 Å². The number of sulfonamides is 1. The van der Waals surface area contributed by atoms with Gasteiger partial charge in [-0.3, -0.25) is 0 Å². The molecule has 0 aromatic heterocycles. The molecule has 0 bridgehead atoms. The van der Waals surface area contributed by atoms with E-state index >= 15 is 0 Å². The minimum absolute atomic E-state index is 0.205. The second kappa shape index (κ2) is 9.56. The molecule has 0 aliphatic carbocycles. The highest BCUT2D eigenvalue weighted by atomic mass is 79.9. The van der Waals surface area contributed by atoms with Crippen molar-refractivity contribution in [1.82, 2.24) is 4.31 Å². The summed E-state index contributed by atoms with van der Waals surface area (Å²) in [7, 11) is -3.69. The Hall–Kier alpha value is -1.86. The Bertz CT molecular complexity index is 994. The predicted octanol–water partition coefficient (Wildman–Crippen LogP) is 5.37. The zero-order chi connectivity index (χ0) is 20.0. The van der Waals surface area contributed by atoms with Crippen molar-refractivity contribution in [3.05, 3.63) is 93.9 Å². The molecular formula is C21H19BrClNO3S. The number of hydrogen-bond acceptors (Lipinski definition) is 3. The van der Waals surface area contributed by atoms with E-state index in [1.54, 1.807) is 12.1 Å². The van der Waals surface area contributed by atoms with E-state index in [2.05, 4.69) is 15.9 Å². The lowest BCUT2D eigenvalue weighted by Crippen LogP contribution is -2.34. The molecule has 0 aliphatic rings. The van der Waals surface area contributed by atoms with Crippen LogP contribution >= 0.6 is 27.5 Å². The lowest BCUT2D eigenvalue weighted by atomic mass is 10.2. The fourth-order valence-electron chi connectivity index (χ4n) is 2.62. The first-order valence-electron chi connectivity index (χ1n) is 8.63. The van der Waals surface area contributed by atoms with Gasteiger partial charge in [-0.05, 0) is 54.1 Å². The number of halogens is 2. The van der Waals surface area contributed by atoms with Gasteiger partial charge in [-0.15, -0.1) is 0 Å². The van der Waals surface area contributed by atoms with Gasteiger partial charge >= 0.3 is 0 Å². The third-order valence-corrected chi connectivity index (χ3v) is 6.72. The maximum absolute atomic E-state index is 13.2. The van der Waals surface area contributed by atoms with Crippen LogP contribution in [0.5, 0.6) is 5.75 Å². The Morgan fingerprint density at radius 1 is 0.893 bits per heavy atom. The topological polar surface area (TPSA) is 46.6 Å². The lowest BCUT2D eigenvalue weighted by molar-refractivity contribution is 0.269. The zero-order valence-electron chi connectivity index (χ0n) is 15.0. The van der Waals surface area contributed by atoms with Gasteiger partial charge in [-0.2, -0.15) is 4.31 Å². The summed E-state index contributed by atoms with van der Waals surface area (Å²) in [4.78, 5) is 0.205. The van der Waals surface area contributed by atoms with Crippen LogP contribution in [0.25, 0.3) is 0 Å². The zero-order valence-corrected chi connectivity index (χ0v) is 18.1. The fraction of sp³-hybridized carbons (Fsp3) is 0.143. The van der Waals surface area contributed by atoms with Crippen LogP contribution in [0.1, 0.15) is 5.56 Å². The Kier molecular flexibility index (Phi) is 7.13. The van der Waals surface area contributed by atoms with Gasteiger partial charge in [0, 0.05) is 22.6 Å². The first-order valence-corrected chi connectivity index (χ1v) is 11.2. The van der Waals surface area contributed by atoms with Crippen LogP contribution in [0, 0.1) is 0 Å². The van der Waals surface area contributed by atoms with Crippen LogP contribution in [-0.2, 0) is 16.6 Å². The average Bonchev–Trinajstić information content (AvgIpc) is 2.70. The van der Waals surface area contributed by atoms with E-state index in [1.165, 1.54) is 16.4 Å². The molecule has 0 saturated carbocycles.